The van der Waals surface area contributed by atoms with Crippen LogP contribution in [0.25, 0.3) is 5.65 Å². The number of carbonyl (C=O) groups is 1. The predicted octanol–water partition coefficient (Wildman–Crippen LogP) is 2.02. The van der Waals surface area contributed by atoms with E-state index in [-0.39, 0.29) is 30.4 Å². The SMILES string of the molecule is CNc1cc(Nc2cc(F)cc3c2OC[C@@H](CO)O3)nc2c(NC(=O)N[C@@H]3C[C@@H]3F)cnn12. The minimum absolute atomic E-state index is 0.102. The highest BCUT2D eigenvalue weighted by atomic mass is 19.1. The largest absolute Gasteiger partial charge is 0.484 e. The molecule has 174 valence electrons. The Kier molecular flexibility index (Phi) is 5.24. The summed E-state index contributed by atoms with van der Waals surface area (Å²) in [6, 6.07) is 3.00. The van der Waals surface area contributed by atoms with Gasteiger partial charge in [0.2, 0.25) is 0 Å². The van der Waals surface area contributed by atoms with Crippen molar-refractivity contribution in [3.05, 3.63) is 30.2 Å². The molecule has 2 aliphatic rings. The van der Waals surface area contributed by atoms with Crippen LogP contribution in [0, 0.1) is 5.82 Å². The number of nitrogens with one attached hydrogen (secondary N) is 4. The Morgan fingerprint density at radius 3 is 2.88 bits per heavy atom. The zero-order chi connectivity index (χ0) is 23.1. The molecule has 3 heterocycles. The topological polar surface area (TPSA) is 134 Å². The number of fused-ring (bicyclic) bond motifs is 2. The number of nitrogens with zero attached hydrogens (tertiary/aromatic N) is 3. The van der Waals surface area contributed by atoms with Crippen LogP contribution < -0.4 is 30.7 Å². The van der Waals surface area contributed by atoms with E-state index >= 15 is 0 Å². The normalized spacial score (nSPS) is 20.9. The van der Waals surface area contributed by atoms with Crippen LogP contribution in [-0.2, 0) is 0 Å². The van der Waals surface area contributed by atoms with Gasteiger partial charge in [-0.2, -0.15) is 9.61 Å². The van der Waals surface area contributed by atoms with Crippen molar-refractivity contribution < 1.29 is 28.2 Å². The molecule has 33 heavy (non-hydrogen) atoms. The number of halogens is 2. The standard InChI is InChI=1S/C20H21F2N7O4/c1-23-17-5-16(25-13-2-9(21)3-15-18(13)32-8-10(7-30)33-15)28-19-14(6-24-29(17)19)27-20(31)26-12-4-11(12)22/h2-3,5-6,10-12,23,30H,4,7-8H2,1H3,(H,25,28)(H2,26,27,31)/t10-,11+,12-/m1/s1. The Balaban J connectivity index is 1.45. The minimum atomic E-state index is -1.03. The summed E-state index contributed by atoms with van der Waals surface area (Å²) >= 11 is 0. The minimum Gasteiger partial charge on any atom is -0.484 e. The first-order chi connectivity index (χ1) is 15.9. The van der Waals surface area contributed by atoms with Crippen molar-refractivity contribution in [2.45, 2.75) is 24.7 Å². The Labute approximate surface area is 186 Å². The van der Waals surface area contributed by atoms with Gasteiger partial charge in [0.1, 0.15) is 35.9 Å². The molecule has 3 aromatic rings. The molecule has 0 saturated heterocycles. The van der Waals surface area contributed by atoms with E-state index in [0.29, 0.717) is 29.4 Å². The number of aromatic nitrogens is 3. The smallest absolute Gasteiger partial charge is 0.319 e. The predicted molar refractivity (Wildman–Crippen MR) is 115 cm³/mol. The average molecular weight is 461 g/mol. The fourth-order valence-electron chi connectivity index (χ4n) is 3.45. The molecular formula is C20H21F2N7O4. The maximum Gasteiger partial charge on any atom is 0.319 e. The molecule has 1 aliphatic heterocycles. The number of rotatable bonds is 6. The van der Waals surface area contributed by atoms with Crippen LogP contribution in [0.3, 0.4) is 0 Å². The highest BCUT2D eigenvalue weighted by molar-refractivity contribution is 5.93. The first kappa shape index (κ1) is 21.0. The molecule has 1 aliphatic carbocycles. The van der Waals surface area contributed by atoms with E-state index in [0.717, 1.165) is 0 Å². The number of aliphatic hydroxyl groups excluding tert-OH is 1. The number of carbonyl (C=O) groups excluding carboxylic acids is 1. The molecule has 13 heteroatoms. The number of benzene rings is 1. The maximum absolute atomic E-state index is 14.2. The summed E-state index contributed by atoms with van der Waals surface area (Å²) in [6.45, 7) is -0.162. The fourth-order valence-corrected chi connectivity index (χ4v) is 3.45. The summed E-state index contributed by atoms with van der Waals surface area (Å²) in [5.41, 5.74) is 0.875. The summed E-state index contributed by atoms with van der Waals surface area (Å²) in [7, 11) is 1.69. The molecule has 5 rings (SSSR count). The first-order valence-corrected chi connectivity index (χ1v) is 10.2. The van der Waals surface area contributed by atoms with Gasteiger partial charge in [0.05, 0.1) is 24.5 Å². The Hall–Kier alpha value is -3.87. The highest BCUT2D eigenvalue weighted by Crippen LogP contribution is 2.41. The third-order valence-corrected chi connectivity index (χ3v) is 5.20. The third kappa shape index (κ3) is 4.14. The van der Waals surface area contributed by atoms with Gasteiger partial charge in [0, 0.05) is 31.7 Å². The fraction of sp³-hybridized carbons (Fsp3) is 0.350. The molecule has 0 radical (unpaired) electrons. The summed E-state index contributed by atoms with van der Waals surface area (Å²) in [6.07, 6.45) is 0.0942. The summed E-state index contributed by atoms with van der Waals surface area (Å²) < 4.78 is 40.0. The van der Waals surface area contributed by atoms with Gasteiger partial charge < -0.3 is 35.8 Å². The van der Waals surface area contributed by atoms with E-state index in [1.165, 1.54) is 22.8 Å². The molecule has 1 fully saturated rings. The van der Waals surface area contributed by atoms with Crippen molar-refractivity contribution >= 4 is 34.7 Å². The van der Waals surface area contributed by atoms with Gasteiger partial charge in [0.15, 0.2) is 23.3 Å². The van der Waals surface area contributed by atoms with Crippen LogP contribution in [0.1, 0.15) is 6.42 Å². The van der Waals surface area contributed by atoms with Crippen LogP contribution in [-0.4, -0.2) is 64.3 Å². The lowest BCUT2D eigenvalue weighted by Crippen LogP contribution is -2.32. The van der Waals surface area contributed by atoms with Gasteiger partial charge in [-0.1, -0.05) is 0 Å². The van der Waals surface area contributed by atoms with E-state index in [2.05, 4.69) is 31.3 Å². The highest BCUT2D eigenvalue weighted by Gasteiger charge is 2.38. The summed E-state index contributed by atoms with van der Waals surface area (Å²) in [5, 5.41) is 24.7. The number of hydrogen-bond acceptors (Lipinski definition) is 8. The van der Waals surface area contributed by atoms with Crippen molar-refractivity contribution in [3.8, 4) is 11.5 Å². The molecule has 5 N–H and O–H groups in total. The number of urea groups is 1. The van der Waals surface area contributed by atoms with Crippen molar-refractivity contribution in [1.29, 1.82) is 0 Å². The van der Waals surface area contributed by atoms with Crippen molar-refractivity contribution in [3.63, 3.8) is 0 Å². The number of ether oxygens (including phenoxy) is 2. The molecule has 2 amide bonds. The molecule has 1 saturated carbocycles. The monoisotopic (exact) mass is 461 g/mol. The van der Waals surface area contributed by atoms with Gasteiger partial charge >= 0.3 is 6.03 Å². The van der Waals surface area contributed by atoms with Crippen LogP contribution in [0.2, 0.25) is 0 Å². The molecule has 1 aromatic carbocycles. The van der Waals surface area contributed by atoms with Crippen LogP contribution in [0.5, 0.6) is 11.5 Å². The number of alkyl halides is 1. The molecule has 0 unspecified atom stereocenters. The van der Waals surface area contributed by atoms with Crippen LogP contribution >= 0.6 is 0 Å². The zero-order valence-electron chi connectivity index (χ0n) is 17.4. The van der Waals surface area contributed by atoms with Crippen molar-refractivity contribution in [1.82, 2.24) is 19.9 Å². The molecule has 0 bridgehead atoms. The number of aliphatic hydroxyl groups is 1. The van der Waals surface area contributed by atoms with E-state index in [1.54, 1.807) is 13.1 Å². The lowest BCUT2D eigenvalue weighted by molar-refractivity contribution is 0.0458. The van der Waals surface area contributed by atoms with Crippen LogP contribution in [0.15, 0.2) is 24.4 Å². The average Bonchev–Trinajstić information content (AvgIpc) is 3.34. The van der Waals surface area contributed by atoms with Gasteiger partial charge in [-0.15, -0.1) is 0 Å². The van der Waals surface area contributed by atoms with Crippen LogP contribution in [0.4, 0.5) is 36.6 Å². The quantitative estimate of drug-likeness (QED) is 0.377. The van der Waals surface area contributed by atoms with E-state index in [1.807, 2.05) is 0 Å². The summed E-state index contributed by atoms with van der Waals surface area (Å²) in [4.78, 5) is 16.6. The Bertz CT molecular complexity index is 1220. The third-order valence-electron chi connectivity index (χ3n) is 5.20. The van der Waals surface area contributed by atoms with Gasteiger partial charge in [-0.25, -0.2) is 18.6 Å². The summed E-state index contributed by atoms with van der Waals surface area (Å²) in [5.74, 6) is 0.716. The Morgan fingerprint density at radius 1 is 1.33 bits per heavy atom. The molecule has 2 aromatic heterocycles. The molecule has 0 spiro atoms. The van der Waals surface area contributed by atoms with Crippen molar-refractivity contribution in [2.24, 2.45) is 0 Å². The second kappa shape index (κ2) is 8.24. The second-order valence-corrected chi connectivity index (χ2v) is 7.67. The number of anilines is 4. The molecule has 3 atom stereocenters. The zero-order valence-corrected chi connectivity index (χ0v) is 17.4. The maximum atomic E-state index is 14.2. The van der Waals surface area contributed by atoms with E-state index in [4.69, 9.17) is 9.47 Å². The van der Waals surface area contributed by atoms with Gasteiger partial charge in [0.25, 0.3) is 0 Å². The van der Waals surface area contributed by atoms with Gasteiger partial charge in [-0.3, -0.25) is 0 Å². The van der Waals surface area contributed by atoms with Gasteiger partial charge in [-0.05, 0) is 0 Å². The van der Waals surface area contributed by atoms with E-state index < -0.39 is 30.2 Å². The van der Waals surface area contributed by atoms with Crippen molar-refractivity contribution in [2.75, 3.05) is 36.2 Å². The van der Waals surface area contributed by atoms with E-state index in [9.17, 15) is 18.7 Å². The molecular weight excluding hydrogens is 440 g/mol. The molecule has 11 nitrogen and oxygen atoms in total. The Morgan fingerprint density at radius 2 is 2.15 bits per heavy atom. The number of hydrogen-bond donors (Lipinski definition) is 5. The first-order valence-electron chi connectivity index (χ1n) is 10.2. The lowest BCUT2D eigenvalue weighted by atomic mass is 10.2. The second-order valence-electron chi connectivity index (χ2n) is 7.67. The number of amides is 2. The lowest BCUT2D eigenvalue weighted by Gasteiger charge is -2.27.